The fourth-order valence-corrected chi connectivity index (χ4v) is 4.55. The SMILES string of the molecule is CC(=O)N1c2ccc(-c3nc4n(c3C=O)CCS4)cc2CC1C. The molecule has 1 amide bonds. The van der Waals surface area contributed by atoms with Crippen molar-refractivity contribution in [1.29, 1.82) is 0 Å². The number of nitrogens with zero attached hydrogens (tertiary/aromatic N) is 3. The maximum absolute atomic E-state index is 11.8. The summed E-state index contributed by atoms with van der Waals surface area (Å²) < 4.78 is 1.99. The smallest absolute Gasteiger partial charge is 0.224 e. The number of aldehydes is 1. The van der Waals surface area contributed by atoms with Crippen LogP contribution in [-0.2, 0) is 17.8 Å². The summed E-state index contributed by atoms with van der Waals surface area (Å²) in [4.78, 5) is 29.8. The van der Waals surface area contributed by atoms with Crippen molar-refractivity contribution >= 4 is 29.6 Å². The molecule has 0 bridgehead atoms. The van der Waals surface area contributed by atoms with Gasteiger partial charge in [-0.15, -0.1) is 0 Å². The van der Waals surface area contributed by atoms with Crippen LogP contribution in [0.1, 0.15) is 29.9 Å². The van der Waals surface area contributed by atoms with E-state index in [0.717, 1.165) is 52.7 Å². The fourth-order valence-electron chi connectivity index (χ4n) is 3.59. The van der Waals surface area contributed by atoms with E-state index in [2.05, 4.69) is 18.0 Å². The molecule has 1 atom stereocenters. The highest BCUT2D eigenvalue weighted by molar-refractivity contribution is 7.99. The minimum Gasteiger partial charge on any atom is -0.315 e. The van der Waals surface area contributed by atoms with Gasteiger partial charge in [-0.3, -0.25) is 9.59 Å². The molecular formula is C17H17N3O2S. The van der Waals surface area contributed by atoms with Gasteiger partial charge in [0.25, 0.3) is 0 Å². The molecule has 23 heavy (non-hydrogen) atoms. The van der Waals surface area contributed by atoms with Crippen LogP contribution in [0.15, 0.2) is 23.4 Å². The van der Waals surface area contributed by atoms with Crippen LogP contribution in [-0.4, -0.2) is 33.5 Å². The first-order valence-corrected chi connectivity index (χ1v) is 8.70. The third kappa shape index (κ3) is 2.12. The lowest BCUT2D eigenvalue weighted by molar-refractivity contribution is -0.116. The summed E-state index contributed by atoms with van der Waals surface area (Å²) in [5, 5.41) is 0.918. The molecule has 0 saturated heterocycles. The Morgan fingerprint density at radius 2 is 2.26 bits per heavy atom. The van der Waals surface area contributed by atoms with Gasteiger partial charge in [-0.1, -0.05) is 17.8 Å². The fraction of sp³-hybridized carbons (Fsp3) is 0.353. The van der Waals surface area contributed by atoms with Crippen molar-refractivity contribution in [1.82, 2.24) is 9.55 Å². The quantitative estimate of drug-likeness (QED) is 0.796. The molecule has 5 nitrogen and oxygen atoms in total. The van der Waals surface area contributed by atoms with E-state index < -0.39 is 0 Å². The van der Waals surface area contributed by atoms with Gasteiger partial charge in [0.1, 0.15) is 11.4 Å². The Bertz CT molecular complexity index is 827. The lowest BCUT2D eigenvalue weighted by atomic mass is 10.0. The molecule has 1 aromatic heterocycles. The van der Waals surface area contributed by atoms with Crippen LogP contribution in [0.3, 0.4) is 0 Å². The number of carbonyl (C=O) groups is 2. The topological polar surface area (TPSA) is 55.2 Å². The molecule has 0 spiro atoms. The molecule has 6 heteroatoms. The van der Waals surface area contributed by atoms with Gasteiger partial charge in [-0.2, -0.15) is 0 Å². The molecule has 0 N–H and O–H groups in total. The van der Waals surface area contributed by atoms with E-state index >= 15 is 0 Å². The molecule has 4 rings (SSSR count). The molecule has 1 aromatic carbocycles. The van der Waals surface area contributed by atoms with Crippen molar-refractivity contribution < 1.29 is 9.59 Å². The Hall–Kier alpha value is -2.08. The number of benzene rings is 1. The average molecular weight is 327 g/mol. The maximum atomic E-state index is 11.8. The summed E-state index contributed by atoms with van der Waals surface area (Å²) in [6, 6.07) is 6.18. The molecule has 3 heterocycles. The largest absolute Gasteiger partial charge is 0.315 e. The van der Waals surface area contributed by atoms with Crippen molar-refractivity contribution in [3.8, 4) is 11.3 Å². The second kappa shape index (κ2) is 5.23. The van der Waals surface area contributed by atoms with Crippen LogP contribution < -0.4 is 4.90 Å². The van der Waals surface area contributed by atoms with Gasteiger partial charge < -0.3 is 9.47 Å². The third-order valence-corrected chi connectivity index (χ3v) is 5.49. The summed E-state index contributed by atoms with van der Waals surface area (Å²) in [7, 11) is 0. The number of aromatic nitrogens is 2. The molecular weight excluding hydrogens is 310 g/mol. The minimum atomic E-state index is 0.0648. The van der Waals surface area contributed by atoms with Crippen LogP contribution in [0.4, 0.5) is 5.69 Å². The number of hydrogen-bond acceptors (Lipinski definition) is 4. The van der Waals surface area contributed by atoms with E-state index in [1.54, 1.807) is 18.7 Å². The molecule has 2 aliphatic rings. The van der Waals surface area contributed by atoms with Crippen LogP contribution in [0, 0.1) is 0 Å². The number of carbonyl (C=O) groups excluding carboxylic acids is 2. The summed E-state index contributed by atoms with van der Waals surface area (Å²) >= 11 is 1.68. The number of anilines is 1. The van der Waals surface area contributed by atoms with Crippen molar-refractivity contribution in [2.45, 2.75) is 38.0 Å². The molecule has 118 valence electrons. The highest BCUT2D eigenvalue weighted by Gasteiger charge is 2.30. The number of amides is 1. The Morgan fingerprint density at radius 3 is 3.00 bits per heavy atom. The normalized spacial score (nSPS) is 18.9. The monoisotopic (exact) mass is 327 g/mol. The second-order valence-corrected chi connectivity index (χ2v) is 7.09. The molecule has 0 radical (unpaired) electrons. The molecule has 0 fully saturated rings. The van der Waals surface area contributed by atoms with E-state index in [4.69, 9.17) is 0 Å². The summed E-state index contributed by atoms with van der Waals surface area (Å²) in [5.74, 6) is 1.04. The van der Waals surface area contributed by atoms with Gasteiger partial charge in [0.15, 0.2) is 11.4 Å². The van der Waals surface area contributed by atoms with Crippen molar-refractivity contribution in [3.05, 3.63) is 29.5 Å². The van der Waals surface area contributed by atoms with Crippen molar-refractivity contribution in [2.75, 3.05) is 10.7 Å². The second-order valence-electron chi connectivity index (χ2n) is 6.03. The third-order valence-electron chi connectivity index (χ3n) is 4.54. The number of imidazole rings is 1. The van der Waals surface area contributed by atoms with E-state index in [1.807, 2.05) is 21.6 Å². The van der Waals surface area contributed by atoms with Crippen LogP contribution in [0.5, 0.6) is 0 Å². The van der Waals surface area contributed by atoms with Gasteiger partial charge in [0, 0.05) is 36.5 Å². The lowest BCUT2D eigenvalue weighted by Gasteiger charge is -2.20. The number of thioether (sulfide) groups is 1. The molecule has 1 unspecified atom stereocenters. The first kappa shape index (κ1) is 14.5. The zero-order valence-corrected chi connectivity index (χ0v) is 13.9. The average Bonchev–Trinajstić information content (AvgIpc) is 3.16. The Balaban J connectivity index is 1.80. The minimum absolute atomic E-state index is 0.0648. The van der Waals surface area contributed by atoms with Gasteiger partial charge >= 0.3 is 0 Å². The standard InChI is InChI=1S/C17H17N3O2S/c1-10-7-13-8-12(3-4-14(13)20(10)11(2)22)16-15(9-21)19-5-6-23-17(19)18-16/h3-4,8-10H,5-7H2,1-2H3. The summed E-state index contributed by atoms with van der Waals surface area (Å²) in [6.45, 7) is 4.49. The Morgan fingerprint density at radius 1 is 1.43 bits per heavy atom. The first-order chi connectivity index (χ1) is 11.1. The molecule has 2 aromatic rings. The molecule has 0 saturated carbocycles. The number of rotatable bonds is 2. The summed E-state index contributed by atoms with van der Waals surface area (Å²) in [6.07, 6.45) is 1.73. The highest BCUT2D eigenvalue weighted by atomic mass is 32.2. The molecule has 0 aliphatic carbocycles. The van der Waals surface area contributed by atoms with Gasteiger partial charge in [0.05, 0.1) is 0 Å². The molecule has 2 aliphatic heterocycles. The van der Waals surface area contributed by atoms with Crippen molar-refractivity contribution in [3.63, 3.8) is 0 Å². The van der Waals surface area contributed by atoms with E-state index in [0.29, 0.717) is 5.69 Å². The van der Waals surface area contributed by atoms with Crippen molar-refractivity contribution in [2.24, 2.45) is 0 Å². The summed E-state index contributed by atoms with van der Waals surface area (Å²) in [5.41, 5.74) is 4.47. The zero-order chi connectivity index (χ0) is 16.1. The number of hydrogen-bond donors (Lipinski definition) is 0. The number of fused-ring (bicyclic) bond motifs is 2. The van der Waals surface area contributed by atoms with Gasteiger partial charge in [-0.05, 0) is 31.0 Å². The highest BCUT2D eigenvalue weighted by Crippen LogP contribution is 2.37. The maximum Gasteiger partial charge on any atom is 0.224 e. The van der Waals surface area contributed by atoms with E-state index in [9.17, 15) is 9.59 Å². The van der Waals surface area contributed by atoms with E-state index in [1.165, 1.54) is 0 Å². The van der Waals surface area contributed by atoms with Crippen LogP contribution in [0.25, 0.3) is 11.3 Å². The van der Waals surface area contributed by atoms with Crippen LogP contribution in [0.2, 0.25) is 0 Å². The van der Waals surface area contributed by atoms with E-state index in [-0.39, 0.29) is 11.9 Å². The van der Waals surface area contributed by atoms with Gasteiger partial charge in [-0.25, -0.2) is 4.98 Å². The Labute approximate surface area is 138 Å². The predicted molar refractivity (Wildman–Crippen MR) is 90.1 cm³/mol. The Kier molecular flexibility index (Phi) is 3.30. The van der Waals surface area contributed by atoms with Gasteiger partial charge in [0.2, 0.25) is 5.91 Å². The first-order valence-electron chi connectivity index (χ1n) is 7.71. The zero-order valence-electron chi connectivity index (χ0n) is 13.1. The lowest BCUT2D eigenvalue weighted by Crippen LogP contribution is -2.33. The van der Waals surface area contributed by atoms with Crippen LogP contribution >= 0.6 is 11.8 Å². The predicted octanol–water partition coefficient (Wildman–Crippen LogP) is 2.77.